The summed E-state index contributed by atoms with van der Waals surface area (Å²) >= 11 is 0. The molecule has 0 aliphatic carbocycles. The van der Waals surface area contributed by atoms with Crippen molar-refractivity contribution >= 4 is 10.8 Å². The molecule has 0 spiro atoms. The highest BCUT2D eigenvalue weighted by Gasteiger charge is 2.17. The van der Waals surface area contributed by atoms with Gasteiger partial charge >= 0.3 is 0 Å². The zero-order valence-electron chi connectivity index (χ0n) is 11.2. The molecule has 90 valence electrons. The fourth-order valence-corrected chi connectivity index (χ4v) is 1.92. The van der Waals surface area contributed by atoms with Crippen LogP contribution in [-0.2, 0) is 6.54 Å². The summed E-state index contributed by atoms with van der Waals surface area (Å²) in [5.74, 6) is 0. The van der Waals surface area contributed by atoms with Gasteiger partial charge in [-0.2, -0.15) is 0 Å². The van der Waals surface area contributed by atoms with Crippen molar-refractivity contribution in [1.82, 2.24) is 4.90 Å². The van der Waals surface area contributed by atoms with Gasteiger partial charge in [-0.3, -0.25) is 4.90 Å². The van der Waals surface area contributed by atoms with Crippen molar-refractivity contribution in [2.45, 2.75) is 32.9 Å². The molecule has 0 fully saturated rings. The Morgan fingerprint density at radius 2 is 1.59 bits per heavy atom. The third-order valence-electron chi connectivity index (χ3n) is 3.43. The third-order valence-corrected chi connectivity index (χ3v) is 3.43. The summed E-state index contributed by atoms with van der Waals surface area (Å²) in [4.78, 5) is 2.38. The number of nitrogens with zero attached hydrogens (tertiary/aromatic N) is 1. The maximum atomic E-state index is 2.38. The maximum absolute atomic E-state index is 2.38. The van der Waals surface area contributed by atoms with Gasteiger partial charge in [0, 0.05) is 12.1 Å². The molecule has 0 aliphatic rings. The summed E-state index contributed by atoms with van der Waals surface area (Å²) in [6, 6.07) is 15.1. The number of fused-ring (bicyclic) bond motifs is 1. The highest BCUT2D eigenvalue weighted by Crippen LogP contribution is 2.22. The van der Waals surface area contributed by atoms with Crippen molar-refractivity contribution in [2.24, 2.45) is 0 Å². The van der Waals surface area contributed by atoms with Crippen molar-refractivity contribution < 1.29 is 0 Å². The molecule has 0 atom stereocenters. The van der Waals surface area contributed by atoms with Gasteiger partial charge in [0.1, 0.15) is 0 Å². The minimum absolute atomic E-state index is 0.205. The van der Waals surface area contributed by atoms with Gasteiger partial charge in [0.2, 0.25) is 0 Å². The van der Waals surface area contributed by atoms with E-state index in [4.69, 9.17) is 0 Å². The predicted molar refractivity (Wildman–Crippen MR) is 75.2 cm³/mol. The highest BCUT2D eigenvalue weighted by atomic mass is 15.1. The quantitative estimate of drug-likeness (QED) is 0.747. The lowest BCUT2D eigenvalue weighted by atomic mass is 10.0. The number of benzene rings is 2. The van der Waals surface area contributed by atoms with Gasteiger partial charge in [0.15, 0.2) is 0 Å². The Kier molecular flexibility index (Phi) is 3.21. The van der Waals surface area contributed by atoms with Crippen LogP contribution in [0.4, 0.5) is 0 Å². The Morgan fingerprint density at radius 1 is 0.941 bits per heavy atom. The monoisotopic (exact) mass is 227 g/mol. The molecular weight excluding hydrogens is 206 g/mol. The molecule has 0 amide bonds. The summed E-state index contributed by atoms with van der Waals surface area (Å²) in [5, 5.41) is 2.69. The molecule has 0 bridgehead atoms. The molecule has 0 saturated heterocycles. The van der Waals surface area contributed by atoms with E-state index in [1.807, 2.05) is 0 Å². The van der Waals surface area contributed by atoms with Crippen molar-refractivity contribution in [1.29, 1.82) is 0 Å². The molecule has 0 aliphatic heterocycles. The Bertz CT molecular complexity index is 503. The zero-order valence-corrected chi connectivity index (χ0v) is 11.2. The van der Waals surface area contributed by atoms with Crippen LogP contribution in [-0.4, -0.2) is 17.5 Å². The second-order valence-electron chi connectivity index (χ2n) is 5.67. The molecule has 2 aromatic carbocycles. The number of hydrogen-bond acceptors (Lipinski definition) is 1. The SMILES string of the molecule is CN(Cc1cccc2ccccc12)C(C)(C)C. The van der Waals surface area contributed by atoms with Crippen molar-refractivity contribution in [3.63, 3.8) is 0 Å². The summed E-state index contributed by atoms with van der Waals surface area (Å²) < 4.78 is 0. The van der Waals surface area contributed by atoms with E-state index in [2.05, 4.69) is 75.2 Å². The van der Waals surface area contributed by atoms with Gasteiger partial charge in [-0.25, -0.2) is 0 Å². The van der Waals surface area contributed by atoms with Crippen LogP contribution < -0.4 is 0 Å². The second-order valence-corrected chi connectivity index (χ2v) is 5.67. The first-order chi connectivity index (χ1) is 7.98. The molecule has 1 heteroatoms. The van der Waals surface area contributed by atoms with E-state index in [0.29, 0.717) is 0 Å². The predicted octanol–water partition coefficient (Wildman–Crippen LogP) is 4.07. The molecule has 17 heavy (non-hydrogen) atoms. The molecule has 0 unspecified atom stereocenters. The van der Waals surface area contributed by atoms with Crippen LogP contribution in [0.5, 0.6) is 0 Å². The fourth-order valence-electron chi connectivity index (χ4n) is 1.92. The Morgan fingerprint density at radius 3 is 2.29 bits per heavy atom. The minimum atomic E-state index is 0.205. The van der Waals surface area contributed by atoms with Gasteiger partial charge in [0.05, 0.1) is 0 Å². The molecule has 0 saturated carbocycles. The molecular formula is C16H21N. The normalized spacial score (nSPS) is 12.3. The standard InChI is InChI=1S/C16H21N/c1-16(2,3)17(4)12-14-10-7-9-13-8-5-6-11-15(13)14/h5-11H,12H2,1-4H3. The topological polar surface area (TPSA) is 3.24 Å². The number of rotatable bonds is 2. The lowest BCUT2D eigenvalue weighted by Gasteiger charge is -2.32. The van der Waals surface area contributed by atoms with Gasteiger partial charge in [-0.05, 0) is 44.2 Å². The average Bonchev–Trinajstić information content (AvgIpc) is 2.28. The second kappa shape index (κ2) is 4.50. The molecule has 0 radical (unpaired) electrons. The molecule has 2 aromatic rings. The Labute approximate surface area is 104 Å². The van der Waals surface area contributed by atoms with Crippen LogP contribution in [0.15, 0.2) is 42.5 Å². The molecule has 0 N–H and O–H groups in total. The highest BCUT2D eigenvalue weighted by molar-refractivity contribution is 5.85. The molecule has 0 heterocycles. The van der Waals surface area contributed by atoms with Crippen LogP contribution in [0, 0.1) is 0 Å². The van der Waals surface area contributed by atoms with E-state index in [-0.39, 0.29) is 5.54 Å². The third kappa shape index (κ3) is 2.67. The molecule has 2 rings (SSSR count). The van der Waals surface area contributed by atoms with Crippen LogP contribution >= 0.6 is 0 Å². The van der Waals surface area contributed by atoms with E-state index in [1.54, 1.807) is 0 Å². The first-order valence-corrected chi connectivity index (χ1v) is 6.16. The first-order valence-electron chi connectivity index (χ1n) is 6.16. The summed E-state index contributed by atoms with van der Waals surface area (Å²) in [6.45, 7) is 7.74. The smallest absolute Gasteiger partial charge is 0.0242 e. The van der Waals surface area contributed by atoms with Crippen LogP contribution in [0.3, 0.4) is 0 Å². The number of hydrogen-bond donors (Lipinski definition) is 0. The van der Waals surface area contributed by atoms with Crippen LogP contribution in [0.1, 0.15) is 26.3 Å². The first kappa shape index (κ1) is 12.1. The average molecular weight is 227 g/mol. The molecule has 0 aromatic heterocycles. The van der Waals surface area contributed by atoms with Gasteiger partial charge in [0.25, 0.3) is 0 Å². The van der Waals surface area contributed by atoms with Crippen LogP contribution in [0.2, 0.25) is 0 Å². The summed E-state index contributed by atoms with van der Waals surface area (Å²) in [7, 11) is 2.18. The van der Waals surface area contributed by atoms with E-state index in [1.165, 1.54) is 16.3 Å². The largest absolute Gasteiger partial charge is 0.297 e. The zero-order chi connectivity index (χ0) is 12.5. The summed E-state index contributed by atoms with van der Waals surface area (Å²) in [6.07, 6.45) is 0. The van der Waals surface area contributed by atoms with E-state index >= 15 is 0 Å². The summed E-state index contributed by atoms with van der Waals surface area (Å²) in [5.41, 5.74) is 1.61. The Balaban J connectivity index is 2.36. The lowest BCUT2D eigenvalue weighted by Crippen LogP contribution is -2.37. The fraction of sp³-hybridized carbons (Fsp3) is 0.375. The Hall–Kier alpha value is -1.34. The van der Waals surface area contributed by atoms with E-state index < -0.39 is 0 Å². The van der Waals surface area contributed by atoms with Gasteiger partial charge in [-0.1, -0.05) is 42.5 Å². The molecule has 1 nitrogen and oxygen atoms in total. The van der Waals surface area contributed by atoms with Crippen molar-refractivity contribution in [3.05, 3.63) is 48.0 Å². The lowest BCUT2D eigenvalue weighted by molar-refractivity contribution is 0.168. The van der Waals surface area contributed by atoms with Crippen LogP contribution in [0.25, 0.3) is 10.8 Å². The van der Waals surface area contributed by atoms with E-state index in [0.717, 1.165) is 6.54 Å². The van der Waals surface area contributed by atoms with Crippen molar-refractivity contribution in [2.75, 3.05) is 7.05 Å². The van der Waals surface area contributed by atoms with E-state index in [9.17, 15) is 0 Å². The maximum Gasteiger partial charge on any atom is 0.0242 e. The van der Waals surface area contributed by atoms with Gasteiger partial charge in [-0.15, -0.1) is 0 Å². The van der Waals surface area contributed by atoms with Crippen molar-refractivity contribution in [3.8, 4) is 0 Å². The van der Waals surface area contributed by atoms with Gasteiger partial charge < -0.3 is 0 Å². The minimum Gasteiger partial charge on any atom is -0.297 e.